The van der Waals surface area contributed by atoms with Gasteiger partial charge in [0, 0.05) is 6.20 Å². The van der Waals surface area contributed by atoms with Crippen molar-refractivity contribution in [2.75, 3.05) is 6.54 Å². The molecule has 0 aliphatic rings. The van der Waals surface area contributed by atoms with E-state index in [4.69, 9.17) is 4.42 Å². The highest BCUT2D eigenvalue weighted by Gasteiger charge is 2.06. The summed E-state index contributed by atoms with van der Waals surface area (Å²) in [6.45, 7) is 3.80. The van der Waals surface area contributed by atoms with Crippen LogP contribution in [0.3, 0.4) is 0 Å². The van der Waals surface area contributed by atoms with E-state index in [0.29, 0.717) is 6.54 Å². The summed E-state index contributed by atoms with van der Waals surface area (Å²) in [5, 5.41) is 3.24. The molecule has 4 nitrogen and oxygen atoms in total. The molecule has 0 atom stereocenters. The number of oxazole rings is 1. The molecule has 0 aliphatic carbocycles. The quantitative estimate of drug-likeness (QED) is 0.790. The first kappa shape index (κ1) is 10.3. The number of hydrogen-bond donors (Lipinski definition) is 1. The molecule has 0 radical (unpaired) electrons. The second-order valence-electron chi connectivity index (χ2n) is 3.16. The lowest BCUT2D eigenvalue weighted by Crippen LogP contribution is -2.13. The van der Waals surface area contributed by atoms with Crippen LogP contribution in [0.2, 0.25) is 0 Å². The first-order valence-corrected chi connectivity index (χ1v) is 5.82. The standard InChI is InChI=1S/C10H13N3OS/c1-2-3-11-6-10-13-4-8(14-10)9-5-12-7-15-9/h4-5,7,11H,2-3,6H2,1H3. The minimum Gasteiger partial charge on any atom is -0.438 e. The van der Waals surface area contributed by atoms with Crippen LogP contribution in [-0.2, 0) is 6.54 Å². The Morgan fingerprint density at radius 1 is 1.47 bits per heavy atom. The first-order valence-electron chi connectivity index (χ1n) is 4.94. The summed E-state index contributed by atoms with van der Waals surface area (Å²) in [6, 6.07) is 0. The van der Waals surface area contributed by atoms with Crippen LogP contribution < -0.4 is 5.32 Å². The summed E-state index contributed by atoms with van der Waals surface area (Å²) in [5.74, 6) is 1.53. The molecule has 0 unspecified atom stereocenters. The molecule has 2 aromatic rings. The fraction of sp³-hybridized carbons (Fsp3) is 0.400. The van der Waals surface area contributed by atoms with E-state index in [1.807, 2.05) is 0 Å². The van der Waals surface area contributed by atoms with Gasteiger partial charge in [-0.3, -0.25) is 4.98 Å². The molecule has 15 heavy (non-hydrogen) atoms. The maximum Gasteiger partial charge on any atom is 0.208 e. The van der Waals surface area contributed by atoms with Crippen LogP contribution in [0, 0.1) is 0 Å². The molecule has 5 heteroatoms. The van der Waals surface area contributed by atoms with Crippen molar-refractivity contribution in [2.45, 2.75) is 19.9 Å². The van der Waals surface area contributed by atoms with Crippen LogP contribution in [0.25, 0.3) is 10.6 Å². The van der Waals surface area contributed by atoms with Gasteiger partial charge in [-0.05, 0) is 13.0 Å². The van der Waals surface area contributed by atoms with E-state index < -0.39 is 0 Å². The Morgan fingerprint density at radius 2 is 2.40 bits per heavy atom. The van der Waals surface area contributed by atoms with Gasteiger partial charge in [0.15, 0.2) is 5.76 Å². The highest BCUT2D eigenvalue weighted by molar-refractivity contribution is 7.13. The van der Waals surface area contributed by atoms with Gasteiger partial charge in [0.05, 0.1) is 23.1 Å². The van der Waals surface area contributed by atoms with Gasteiger partial charge >= 0.3 is 0 Å². The summed E-state index contributed by atoms with van der Waals surface area (Å²) < 4.78 is 5.57. The van der Waals surface area contributed by atoms with Gasteiger partial charge < -0.3 is 9.73 Å². The van der Waals surface area contributed by atoms with Gasteiger partial charge in [-0.1, -0.05) is 6.92 Å². The smallest absolute Gasteiger partial charge is 0.208 e. The second-order valence-corrected chi connectivity index (χ2v) is 4.05. The summed E-state index contributed by atoms with van der Waals surface area (Å²) in [4.78, 5) is 9.21. The Morgan fingerprint density at radius 3 is 3.13 bits per heavy atom. The molecule has 0 amide bonds. The third-order valence-electron chi connectivity index (χ3n) is 1.93. The highest BCUT2D eigenvalue weighted by atomic mass is 32.1. The number of thiazole rings is 1. The summed E-state index contributed by atoms with van der Waals surface area (Å²) in [6.07, 6.45) is 4.65. The lowest BCUT2D eigenvalue weighted by molar-refractivity contribution is 0.478. The van der Waals surface area contributed by atoms with Gasteiger partial charge in [-0.15, -0.1) is 11.3 Å². The zero-order chi connectivity index (χ0) is 10.5. The van der Waals surface area contributed by atoms with E-state index in [0.717, 1.165) is 29.5 Å². The lowest BCUT2D eigenvalue weighted by Gasteiger charge is -1.97. The third kappa shape index (κ3) is 2.64. The highest BCUT2D eigenvalue weighted by Crippen LogP contribution is 2.23. The molecule has 0 spiro atoms. The van der Waals surface area contributed by atoms with Crippen molar-refractivity contribution < 1.29 is 4.42 Å². The molecule has 0 fully saturated rings. The van der Waals surface area contributed by atoms with Crippen molar-refractivity contribution in [1.29, 1.82) is 0 Å². The molecule has 2 heterocycles. The minimum atomic E-state index is 0.687. The molecule has 2 rings (SSSR count). The van der Waals surface area contributed by atoms with Crippen LogP contribution in [0.15, 0.2) is 22.3 Å². The average Bonchev–Trinajstić information content (AvgIpc) is 2.87. The summed E-state index contributed by atoms with van der Waals surface area (Å²) >= 11 is 1.55. The van der Waals surface area contributed by atoms with E-state index in [9.17, 15) is 0 Å². The molecule has 80 valence electrons. The molecular formula is C10H13N3OS. The van der Waals surface area contributed by atoms with E-state index in [1.54, 1.807) is 29.2 Å². The van der Waals surface area contributed by atoms with Crippen LogP contribution >= 0.6 is 11.3 Å². The summed E-state index contributed by atoms with van der Waals surface area (Å²) in [5.41, 5.74) is 1.78. The van der Waals surface area contributed by atoms with Crippen molar-refractivity contribution in [3.63, 3.8) is 0 Å². The largest absolute Gasteiger partial charge is 0.438 e. The normalized spacial score (nSPS) is 10.7. The molecule has 2 aromatic heterocycles. The Balaban J connectivity index is 1.98. The number of nitrogens with one attached hydrogen (secondary N) is 1. The third-order valence-corrected chi connectivity index (χ3v) is 2.72. The van der Waals surface area contributed by atoms with Crippen LogP contribution in [0.1, 0.15) is 19.2 Å². The average molecular weight is 223 g/mol. The molecule has 0 bridgehead atoms. The van der Waals surface area contributed by atoms with Crippen molar-refractivity contribution in [2.24, 2.45) is 0 Å². The van der Waals surface area contributed by atoms with Crippen molar-refractivity contribution in [1.82, 2.24) is 15.3 Å². The molecule has 0 aliphatic heterocycles. The fourth-order valence-electron chi connectivity index (χ4n) is 1.22. The van der Waals surface area contributed by atoms with E-state index in [-0.39, 0.29) is 0 Å². The van der Waals surface area contributed by atoms with Gasteiger partial charge in [0.1, 0.15) is 0 Å². The predicted octanol–water partition coefficient (Wildman–Crippen LogP) is 2.30. The fourth-order valence-corrected chi connectivity index (χ4v) is 1.78. The van der Waals surface area contributed by atoms with E-state index >= 15 is 0 Å². The Kier molecular flexibility index (Phi) is 3.47. The molecule has 0 saturated carbocycles. The van der Waals surface area contributed by atoms with Gasteiger partial charge in [0.25, 0.3) is 0 Å². The molecule has 0 saturated heterocycles. The number of rotatable bonds is 5. The second kappa shape index (κ2) is 5.04. The van der Waals surface area contributed by atoms with E-state index in [1.165, 1.54) is 0 Å². The molecule has 0 aromatic carbocycles. The van der Waals surface area contributed by atoms with E-state index in [2.05, 4.69) is 22.2 Å². The maximum atomic E-state index is 5.57. The predicted molar refractivity (Wildman–Crippen MR) is 59.6 cm³/mol. The number of nitrogens with zero attached hydrogens (tertiary/aromatic N) is 2. The van der Waals surface area contributed by atoms with Crippen molar-refractivity contribution in [3.8, 4) is 10.6 Å². The van der Waals surface area contributed by atoms with Gasteiger partial charge in [-0.2, -0.15) is 0 Å². The van der Waals surface area contributed by atoms with Crippen LogP contribution in [-0.4, -0.2) is 16.5 Å². The van der Waals surface area contributed by atoms with Gasteiger partial charge in [-0.25, -0.2) is 4.98 Å². The maximum absolute atomic E-state index is 5.57. The van der Waals surface area contributed by atoms with Gasteiger partial charge in [0.2, 0.25) is 5.89 Å². The number of hydrogen-bond acceptors (Lipinski definition) is 5. The molecular weight excluding hydrogens is 210 g/mol. The van der Waals surface area contributed by atoms with Crippen molar-refractivity contribution >= 4 is 11.3 Å². The monoisotopic (exact) mass is 223 g/mol. The first-order chi connectivity index (χ1) is 7.40. The Bertz CT molecular complexity index is 396. The zero-order valence-corrected chi connectivity index (χ0v) is 9.38. The zero-order valence-electron chi connectivity index (χ0n) is 8.56. The summed E-state index contributed by atoms with van der Waals surface area (Å²) in [7, 11) is 0. The Hall–Kier alpha value is -1.20. The van der Waals surface area contributed by atoms with Crippen LogP contribution in [0.4, 0.5) is 0 Å². The topological polar surface area (TPSA) is 51.0 Å². The van der Waals surface area contributed by atoms with Crippen molar-refractivity contribution in [3.05, 3.63) is 23.8 Å². The number of aromatic nitrogens is 2. The molecule has 1 N–H and O–H groups in total. The SMILES string of the molecule is CCCNCc1ncc(-c2cncs2)o1. The minimum absolute atomic E-state index is 0.687. The van der Waals surface area contributed by atoms with Crippen LogP contribution in [0.5, 0.6) is 0 Å². The Labute approximate surface area is 92.4 Å². The lowest BCUT2D eigenvalue weighted by atomic mass is 10.4.